The lowest BCUT2D eigenvalue weighted by atomic mass is 10.2. The molecule has 3 heteroatoms. The van der Waals surface area contributed by atoms with Crippen LogP contribution in [0.25, 0.3) is 0 Å². The number of hydrogen-bond acceptors (Lipinski definition) is 2. The predicted octanol–water partition coefficient (Wildman–Crippen LogP) is 3.19. The molecule has 0 atom stereocenters. The summed E-state index contributed by atoms with van der Waals surface area (Å²) in [5, 5.41) is 3.22. The minimum atomic E-state index is 0.260. The predicted molar refractivity (Wildman–Crippen MR) is 78.8 cm³/mol. The average Bonchev–Trinajstić information content (AvgIpc) is 2.34. The minimum absolute atomic E-state index is 0.260. The standard InChI is InChI=1S/C15H32N2O/c1-5-7-9-11-17(12-10-8-6-2)15(18)13-16-14(3)4/h14,16H,5-13H2,1-4H3. The fourth-order valence-electron chi connectivity index (χ4n) is 1.87. The van der Waals surface area contributed by atoms with E-state index in [1.807, 2.05) is 4.90 Å². The van der Waals surface area contributed by atoms with Crippen LogP contribution in [-0.4, -0.2) is 36.5 Å². The normalized spacial score (nSPS) is 10.9. The molecule has 0 unspecified atom stereocenters. The molecule has 18 heavy (non-hydrogen) atoms. The summed E-state index contributed by atoms with van der Waals surface area (Å²) in [5.41, 5.74) is 0. The molecule has 0 aliphatic rings. The highest BCUT2D eigenvalue weighted by Gasteiger charge is 2.12. The number of rotatable bonds is 11. The van der Waals surface area contributed by atoms with Gasteiger partial charge in [-0.3, -0.25) is 4.79 Å². The summed E-state index contributed by atoms with van der Waals surface area (Å²) >= 11 is 0. The van der Waals surface area contributed by atoms with Crippen molar-refractivity contribution >= 4 is 5.91 Å². The fraction of sp³-hybridized carbons (Fsp3) is 0.933. The van der Waals surface area contributed by atoms with E-state index < -0.39 is 0 Å². The first-order valence-corrected chi connectivity index (χ1v) is 7.62. The summed E-state index contributed by atoms with van der Waals surface area (Å²) in [6.07, 6.45) is 7.12. The zero-order valence-electron chi connectivity index (χ0n) is 12.8. The van der Waals surface area contributed by atoms with Gasteiger partial charge in [0.25, 0.3) is 0 Å². The van der Waals surface area contributed by atoms with Crippen molar-refractivity contribution in [1.82, 2.24) is 10.2 Å². The van der Waals surface area contributed by atoms with Gasteiger partial charge in [-0.2, -0.15) is 0 Å². The summed E-state index contributed by atoms with van der Waals surface area (Å²) in [6, 6.07) is 0.377. The quantitative estimate of drug-likeness (QED) is 0.576. The monoisotopic (exact) mass is 256 g/mol. The number of nitrogens with zero attached hydrogens (tertiary/aromatic N) is 1. The maximum atomic E-state index is 12.1. The van der Waals surface area contributed by atoms with Crippen LogP contribution < -0.4 is 5.32 Å². The van der Waals surface area contributed by atoms with Crippen LogP contribution in [0, 0.1) is 0 Å². The number of nitrogens with one attached hydrogen (secondary N) is 1. The highest BCUT2D eigenvalue weighted by molar-refractivity contribution is 5.78. The van der Waals surface area contributed by atoms with Gasteiger partial charge >= 0.3 is 0 Å². The van der Waals surface area contributed by atoms with E-state index in [4.69, 9.17) is 0 Å². The topological polar surface area (TPSA) is 32.3 Å². The highest BCUT2D eigenvalue weighted by Crippen LogP contribution is 2.03. The van der Waals surface area contributed by atoms with Crippen LogP contribution in [0.2, 0.25) is 0 Å². The number of hydrogen-bond donors (Lipinski definition) is 1. The summed E-state index contributed by atoms with van der Waals surface area (Å²) < 4.78 is 0. The van der Waals surface area contributed by atoms with Gasteiger partial charge in [-0.05, 0) is 12.8 Å². The Morgan fingerprint density at radius 1 is 1.00 bits per heavy atom. The van der Waals surface area contributed by atoms with E-state index >= 15 is 0 Å². The summed E-state index contributed by atoms with van der Waals surface area (Å²) in [4.78, 5) is 14.1. The van der Waals surface area contributed by atoms with E-state index in [1.54, 1.807) is 0 Å². The second-order valence-corrected chi connectivity index (χ2v) is 5.33. The van der Waals surface area contributed by atoms with Crippen molar-refractivity contribution in [2.75, 3.05) is 19.6 Å². The van der Waals surface area contributed by atoms with Gasteiger partial charge in [0.2, 0.25) is 5.91 Å². The molecule has 0 aromatic heterocycles. The Morgan fingerprint density at radius 2 is 1.50 bits per heavy atom. The Kier molecular flexibility index (Phi) is 11.2. The molecule has 0 aromatic carbocycles. The molecular formula is C15H32N2O. The van der Waals surface area contributed by atoms with Gasteiger partial charge in [0.1, 0.15) is 0 Å². The van der Waals surface area contributed by atoms with Crippen molar-refractivity contribution in [3.63, 3.8) is 0 Å². The molecule has 0 aromatic rings. The second kappa shape index (κ2) is 11.5. The number of unbranched alkanes of at least 4 members (excludes halogenated alkanes) is 4. The Labute approximate surface area is 113 Å². The molecule has 1 amide bonds. The lowest BCUT2D eigenvalue weighted by Crippen LogP contribution is -2.41. The maximum absolute atomic E-state index is 12.1. The minimum Gasteiger partial charge on any atom is -0.342 e. The average molecular weight is 256 g/mol. The molecule has 1 N–H and O–H groups in total. The lowest BCUT2D eigenvalue weighted by molar-refractivity contribution is -0.130. The van der Waals surface area contributed by atoms with Gasteiger partial charge in [0.15, 0.2) is 0 Å². The third kappa shape index (κ3) is 9.46. The van der Waals surface area contributed by atoms with E-state index in [9.17, 15) is 4.79 Å². The zero-order valence-corrected chi connectivity index (χ0v) is 12.8. The molecule has 3 nitrogen and oxygen atoms in total. The largest absolute Gasteiger partial charge is 0.342 e. The lowest BCUT2D eigenvalue weighted by Gasteiger charge is -2.23. The molecule has 0 saturated heterocycles. The van der Waals surface area contributed by atoms with Gasteiger partial charge in [0.05, 0.1) is 6.54 Å². The molecule has 0 saturated carbocycles. The van der Waals surface area contributed by atoms with Crippen LogP contribution in [0.3, 0.4) is 0 Å². The van der Waals surface area contributed by atoms with Gasteiger partial charge in [-0.1, -0.05) is 53.4 Å². The molecule has 0 radical (unpaired) electrons. The van der Waals surface area contributed by atoms with Crippen LogP contribution >= 0.6 is 0 Å². The Balaban J connectivity index is 4.03. The van der Waals surface area contributed by atoms with E-state index in [0.717, 1.165) is 25.9 Å². The second-order valence-electron chi connectivity index (χ2n) is 5.33. The molecule has 0 aliphatic carbocycles. The van der Waals surface area contributed by atoms with Crippen molar-refractivity contribution in [3.8, 4) is 0 Å². The number of carbonyl (C=O) groups is 1. The fourth-order valence-corrected chi connectivity index (χ4v) is 1.87. The zero-order chi connectivity index (χ0) is 13.8. The Morgan fingerprint density at radius 3 is 1.89 bits per heavy atom. The number of amides is 1. The van der Waals surface area contributed by atoms with Crippen LogP contribution in [0.4, 0.5) is 0 Å². The van der Waals surface area contributed by atoms with Gasteiger partial charge < -0.3 is 10.2 Å². The summed E-state index contributed by atoms with van der Waals surface area (Å²) in [5.74, 6) is 0.260. The third-order valence-corrected chi connectivity index (χ3v) is 3.08. The molecule has 0 fully saturated rings. The maximum Gasteiger partial charge on any atom is 0.236 e. The SMILES string of the molecule is CCCCCN(CCCCC)C(=O)CNC(C)C. The highest BCUT2D eigenvalue weighted by atomic mass is 16.2. The first kappa shape index (κ1) is 17.4. The van der Waals surface area contributed by atoms with Crippen LogP contribution in [0.1, 0.15) is 66.2 Å². The molecule has 0 aliphatic heterocycles. The summed E-state index contributed by atoms with van der Waals surface area (Å²) in [6.45, 7) is 10.9. The van der Waals surface area contributed by atoms with Crippen molar-refractivity contribution in [3.05, 3.63) is 0 Å². The number of carbonyl (C=O) groups excluding carboxylic acids is 1. The van der Waals surface area contributed by atoms with Gasteiger partial charge in [-0.25, -0.2) is 0 Å². The van der Waals surface area contributed by atoms with Crippen LogP contribution in [0.15, 0.2) is 0 Å². The molecule has 0 bridgehead atoms. The van der Waals surface area contributed by atoms with E-state index in [1.165, 1.54) is 25.7 Å². The van der Waals surface area contributed by atoms with Crippen molar-refractivity contribution in [1.29, 1.82) is 0 Å². The molecule has 0 heterocycles. The van der Waals surface area contributed by atoms with Crippen molar-refractivity contribution in [2.24, 2.45) is 0 Å². The smallest absolute Gasteiger partial charge is 0.236 e. The summed E-state index contributed by atoms with van der Waals surface area (Å²) in [7, 11) is 0. The molecule has 0 rings (SSSR count). The van der Waals surface area contributed by atoms with E-state index in [0.29, 0.717) is 12.6 Å². The van der Waals surface area contributed by atoms with E-state index in [-0.39, 0.29) is 5.91 Å². The molecule has 108 valence electrons. The first-order chi connectivity index (χ1) is 8.61. The van der Waals surface area contributed by atoms with Gasteiger partial charge in [0, 0.05) is 19.1 Å². The Bertz CT molecular complexity index is 195. The van der Waals surface area contributed by atoms with Crippen molar-refractivity contribution < 1.29 is 4.79 Å². The van der Waals surface area contributed by atoms with Crippen molar-refractivity contribution in [2.45, 2.75) is 72.3 Å². The van der Waals surface area contributed by atoms with Crippen LogP contribution in [-0.2, 0) is 4.79 Å². The Hall–Kier alpha value is -0.570. The first-order valence-electron chi connectivity index (χ1n) is 7.62. The molecular weight excluding hydrogens is 224 g/mol. The van der Waals surface area contributed by atoms with Crippen LogP contribution in [0.5, 0.6) is 0 Å². The molecule has 0 spiro atoms. The van der Waals surface area contributed by atoms with Gasteiger partial charge in [-0.15, -0.1) is 0 Å². The van der Waals surface area contributed by atoms with E-state index in [2.05, 4.69) is 33.0 Å². The third-order valence-electron chi connectivity index (χ3n) is 3.08.